The van der Waals surface area contributed by atoms with Crippen molar-refractivity contribution in [2.24, 2.45) is 0 Å². The minimum atomic E-state index is 0.414. The number of anilines is 2. The topological polar surface area (TPSA) is 62.5 Å². The Hall–Kier alpha value is -2.22. The molecule has 2 aliphatic rings. The van der Waals surface area contributed by atoms with Gasteiger partial charge in [-0.15, -0.1) is 5.10 Å². The van der Waals surface area contributed by atoms with Crippen LogP contribution in [0.1, 0.15) is 68.4 Å². The fourth-order valence-corrected chi connectivity index (χ4v) is 5.31. The molecule has 0 bridgehead atoms. The molecule has 0 aromatic carbocycles. The maximum atomic E-state index is 4.87. The molecule has 0 unspecified atom stereocenters. The van der Waals surface area contributed by atoms with E-state index in [4.69, 9.17) is 15.1 Å². The molecule has 1 saturated carbocycles. The van der Waals surface area contributed by atoms with Gasteiger partial charge < -0.3 is 9.80 Å². The average Bonchev–Trinajstić information content (AvgIpc) is 3.43. The predicted molar refractivity (Wildman–Crippen MR) is 117 cm³/mol. The molecule has 1 aliphatic carbocycles. The molecule has 154 valence electrons. The van der Waals surface area contributed by atoms with Crippen LogP contribution < -0.4 is 9.80 Å². The Morgan fingerprint density at radius 1 is 1.00 bits per heavy atom. The quantitative estimate of drug-likeness (QED) is 0.647. The Balaban J connectivity index is 1.27. The first-order valence-electron chi connectivity index (χ1n) is 10.8. The van der Waals surface area contributed by atoms with E-state index in [2.05, 4.69) is 47.8 Å². The third-order valence-corrected chi connectivity index (χ3v) is 7.09. The predicted octanol–water partition coefficient (Wildman–Crippen LogP) is 4.00. The van der Waals surface area contributed by atoms with E-state index >= 15 is 0 Å². The van der Waals surface area contributed by atoms with Gasteiger partial charge in [-0.2, -0.15) is 0 Å². The molecule has 3 aromatic rings. The maximum Gasteiger partial charge on any atom is 0.225 e. The lowest BCUT2D eigenvalue weighted by Crippen LogP contribution is -2.47. The SMILES string of the molecule is Cc1cc(C(C)C)nc(N2CCN(c3nn4cc(C5CCCC5)nc4s3)CC2)n1. The van der Waals surface area contributed by atoms with Crippen molar-refractivity contribution in [1.82, 2.24) is 24.6 Å². The van der Waals surface area contributed by atoms with E-state index in [9.17, 15) is 0 Å². The Bertz CT molecular complexity index is 962. The normalized spacial score (nSPS) is 18.5. The second kappa shape index (κ2) is 7.55. The van der Waals surface area contributed by atoms with Gasteiger partial charge in [-0.25, -0.2) is 19.5 Å². The molecule has 0 atom stereocenters. The van der Waals surface area contributed by atoms with Gasteiger partial charge in [-0.1, -0.05) is 38.0 Å². The average molecular weight is 412 g/mol. The first-order valence-corrected chi connectivity index (χ1v) is 11.6. The summed E-state index contributed by atoms with van der Waals surface area (Å²) >= 11 is 1.71. The summed E-state index contributed by atoms with van der Waals surface area (Å²) < 4.78 is 1.98. The summed E-state index contributed by atoms with van der Waals surface area (Å²) in [5.74, 6) is 1.92. The van der Waals surface area contributed by atoms with E-state index in [-0.39, 0.29) is 0 Å². The number of piperazine rings is 1. The standard InChI is InChI=1S/C21H29N7S/c1-14(2)17-12-15(3)22-19(23-17)26-8-10-27(11-9-26)21-25-28-13-18(24-20(28)29-21)16-6-4-5-7-16/h12-14,16H,4-11H2,1-3H3. The van der Waals surface area contributed by atoms with Crippen LogP contribution in [0.3, 0.4) is 0 Å². The molecule has 1 saturated heterocycles. The molecule has 0 spiro atoms. The van der Waals surface area contributed by atoms with E-state index in [0.717, 1.165) is 53.6 Å². The van der Waals surface area contributed by atoms with Gasteiger partial charge >= 0.3 is 0 Å². The third kappa shape index (κ3) is 3.70. The molecule has 0 N–H and O–H groups in total. The van der Waals surface area contributed by atoms with Gasteiger partial charge in [-0.3, -0.25) is 0 Å². The van der Waals surface area contributed by atoms with Crippen molar-refractivity contribution in [3.8, 4) is 0 Å². The Morgan fingerprint density at radius 3 is 2.41 bits per heavy atom. The van der Waals surface area contributed by atoms with Gasteiger partial charge in [0.25, 0.3) is 0 Å². The van der Waals surface area contributed by atoms with Crippen LogP contribution in [0.5, 0.6) is 0 Å². The first-order chi connectivity index (χ1) is 14.1. The van der Waals surface area contributed by atoms with Crippen molar-refractivity contribution >= 4 is 27.4 Å². The maximum absolute atomic E-state index is 4.87. The highest BCUT2D eigenvalue weighted by atomic mass is 32.1. The van der Waals surface area contributed by atoms with Crippen molar-refractivity contribution in [1.29, 1.82) is 0 Å². The van der Waals surface area contributed by atoms with Crippen LogP contribution in [0.15, 0.2) is 12.3 Å². The second-order valence-electron chi connectivity index (χ2n) is 8.62. The molecule has 3 aromatic heterocycles. The van der Waals surface area contributed by atoms with Gasteiger partial charge in [0.2, 0.25) is 16.0 Å². The molecular formula is C21H29N7S. The largest absolute Gasteiger partial charge is 0.343 e. The van der Waals surface area contributed by atoms with Crippen LogP contribution in [0.2, 0.25) is 0 Å². The van der Waals surface area contributed by atoms with Crippen molar-refractivity contribution in [2.45, 2.75) is 58.3 Å². The molecule has 8 heteroatoms. The van der Waals surface area contributed by atoms with E-state index < -0.39 is 0 Å². The Kier molecular flexibility index (Phi) is 4.89. The highest BCUT2D eigenvalue weighted by Crippen LogP contribution is 2.35. The molecule has 4 heterocycles. The van der Waals surface area contributed by atoms with Crippen molar-refractivity contribution in [2.75, 3.05) is 36.0 Å². The summed E-state index contributed by atoms with van der Waals surface area (Å²) in [7, 11) is 0. The van der Waals surface area contributed by atoms with Crippen LogP contribution in [0, 0.1) is 6.92 Å². The first kappa shape index (κ1) is 18.8. The Labute approximate surface area is 175 Å². The fraction of sp³-hybridized carbons (Fsp3) is 0.619. The van der Waals surface area contributed by atoms with E-state index in [1.807, 2.05) is 4.52 Å². The number of imidazole rings is 1. The zero-order chi connectivity index (χ0) is 20.0. The number of aryl methyl sites for hydroxylation is 1. The van der Waals surface area contributed by atoms with Gasteiger partial charge in [0.1, 0.15) is 0 Å². The van der Waals surface area contributed by atoms with Crippen LogP contribution >= 0.6 is 11.3 Å². The minimum Gasteiger partial charge on any atom is -0.343 e. The minimum absolute atomic E-state index is 0.414. The number of rotatable bonds is 4. The van der Waals surface area contributed by atoms with Gasteiger partial charge in [-0.05, 0) is 31.7 Å². The van der Waals surface area contributed by atoms with E-state index in [0.29, 0.717) is 11.8 Å². The number of nitrogens with zero attached hydrogens (tertiary/aromatic N) is 7. The Morgan fingerprint density at radius 2 is 1.72 bits per heavy atom. The fourth-order valence-electron chi connectivity index (χ4n) is 4.36. The summed E-state index contributed by atoms with van der Waals surface area (Å²) in [4.78, 5) is 20.0. The van der Waals surface area contributed by atoms with Crippen LogP contribution in [0.4, 0.5) is 11.1 Å². The second-order valence-corrected chi connectivity index (χ2v) is 9.56. The van der Waals surface area contributed by atoms with E-state index in [1.165, 1.54) is 31.4 Å². The smallest absolute Gasteiger partial charge is 0.225 e. The molecule has 5 rings (SSSR count). The van der Waals surface area contributed by atoms with Crippen molar-refractivity contribution < 1.29 is 0 Å². The van der Waals surface area contributed by atoms with Crippen LogP contribution in [-0.2, 0) is 0 Å². The number of hydrogen-bond donors (Lipinski definition) is 0. The van der Waals surface area contributed by atoms with Crippen molar-refractivity contribution in [3.05, 3.63) is 29.3 Å². The number of fused-ring (bicyclic) bond motifs is 1. The number of hydrogen-bond acceptors (Lipinski definition) is 7. The summed E-state index contributed by atoms with van der Waals surface area (Å²) in [5, 5.41) is 5.89. The lowest BCUT2D eigenvalue weighted by molar-refractivity contribution is 0.630. The molecule has 1 aliphatic heterocycles. The summed E-state index contributed by atoms with van der Waals surface area (Å²) in [5.41, 5.74) is 3.39. The van der Waals surface area contributed by atoms with Gasteiger partial charge in [0, 0.05) is 43.5 Å². The third-order valence-electron chi connectivity index (χ3n) is 6.11. The van der Waals surface area contributed by atoms with Crippen molar-refractivity contribution in [3.63, 3.8) is 0 Å². The highest BCUT2D eigenvalue weighted by Gasteiger charge is 2.24. The zero-order valence-electron chi connectivity index (χ0n) is 17.5. The molecule has 0 amide bonds. The molecule has 7 nitrogen and oxygen atoms in total. The summed E-state index contributed by atoms with van der Waals surface area (Å²) in [6, 6.07) is 2.09. The van der Waals surface area contributed by atoms with Crippen LogP contribution in [-0.4, -0.2) is 50.7 Å². The van der Waals surface area contributed by atoms with Gasteiger partial charge in [0.05, 0.1) is 11.9 Å². The molecule has 2 fully saturated rings. The lowest BCUT2D eigenvalue weighted by atomic mass is 10.1. The molecule has 29 heavy (non-hydrogen) atoms. The van der Waals surface area contributed by atoms with Gasteiger partial charge in [0.15, 0.2) is 0 Å². The van der Waals surface area contributed by atoms with E-state index in [1.54, 1.807) is 11.3 Å². The summed E-state index contributed by atoms with van der Waals surface area (Å²) in [6.07, 6.45) is 7.37. The monoisotopic (exact) mass is 411 g/mol. The summed E-state index contributed by atoms with van der Waals surface area (Å²) in [6.45, 7) is 10.1. The lowest BCUT2D eigenvalue weighted by Gasteiger charge is -2.34. The highest BCUT2D eigenvalue weighted by molar-refractivity contribution is 7.20. The van der Waals surface area contributed by atoms with Crippen LogP contribution in [0.25, 0.3) is 4.96 Å². The molecular weight excluding hydrogens is 382 g/mol. The zero-order valence-corrected chi connectivity index (χ0v) is 18.3. The molecule has 0 radical (unpaired) electrons. The number of aromatic nitrogens is 5.